The van der Waals surface area contributed by atoms with E-state index in [0.717, 1.165) is 38.4 Å². The summed E-state index contributed by atoms with van der Waals surface area (Å²) in [5.74, 6) is 0.717. The molecule has 128 valence electrons. The molecular formula is C20H27N3O. The van der Waals surface area contributed by atoms with Crippen molar-refractivity contribution in [3.63, 3.8) is 0 Å². The van der Waals surface area contributed by atoms with Crippen LogP contribution in [0.5, 0.6) is 0 Å². The van der Waals surface area contributed by atoms with Crippen LogP contribution in [0.3, 0.4) is 0 Å². The Morgan fingerprint density at radius 1 is 1.04 bits per heavy atom. The van der Waals surface area contributed by atoms with Crippen molar-refractivity contribution in [2.75, 3.05) is 26.2 Å². The number of aromatic nitrogens is 1. The van der Waals surface area contributed by atoms with Crippen molar-refractivity contribution in [1.29, 1.82) is 0 Å². The van der Waals surface area contributed by atoms with E-state index >= 15 is 0 Å². The molecule has 0 N–H and O–H groups in total. The number of piperazine rings is 1. The highest BCUT2D eigenvalue weighted by atomic mass is 16.2. The van der Waals surface area contributed by atoms with Gasteiger partial charge in [0.15, 0.2) is 0 Å². The second kappa shape index (κ2) is 7.22. The molecule has 0 bridgehead atoms. The summed E-state index contributed by atoms with van der Waals surface area (Å²) in [7, 11) is 1.92. The second-order valence-electron chi connectivity index (χ2n) is 6.97. The molecule has 0 aliphatic carbocycles. The van der Waals surface area contributed by atoms with Gasteiger partial charge in [-0.05, 0) is 29.2 Å². The minimum absolute atomic E-state index is 0.142. The number of rotatable bonds is 4. The lowest BCUT2D eigenvalue weighted by Crippen LogP contribution is -2.48. The fraction of sp³-hybridized carbons (Fsp3) is 0.450. The van der Waals surface area contributed by atoms with Crippen LogP contribution in [0.15, 0.2) is 42.6 Å². The van der Waals surface area contributed by atoms with Gasteiger partial charge in [-0.25, -0.2) is 0 Å². The molecule has 1 fully saturated rings. The molecule has 1 aromatic heterocycles. The highest BCUT2D eigenvalue weighted by Crippen LogP contribution is 2.16. The largest absolute Gasteiger partial charge is 0.347 e. The zero-order valence-electron chi connectivity index (χ0n) is 14.9. The number of hydrogen-bond donors (Lipinski definition) is 0. The number of carbonyl (C=O) groups excluding carboxylic acids is 1. The van der Waals surface area contributed by atoms with E-state index in [4.69, 9.17) is 0 Å². The molecule has 1 aromatic carbocycles. The topological polar surface area (TPSA) is 28.5 Å². The van der Waals surface area contributed by atoms with E-state index < -0.39 is 0 Å². The molecule has 3 rings (SSSR count). The van der Waals surface area contributed by atoms with Crippen LogP contribution in [0.2, 0.25) is 0 Å². The van der Waals surface area contributed by atoms with Gasteiger partial charge in [0, 0.05) is 46.0 Å². The maximum absolute atomic E-state index is 12.5. The van der Waals surface area contributed by atoms with Crippen molar-refractivity contribution in [1.82, 2.24) is 14.4 Å². The fourth-order valence-corrected chi connectivity index (χ4v) is 3.22. The Morgan fingerprint density at radius 3 is 2.25 bits per heavy atom. The SMILES string of the molecule is CC(C)c1ccc(CN2CCN(C(=O)c3cccn3C)CC2)cc1. The molecule has 1 saturated heterocycles. The standard InChI is InChI=1S/C20H27N3O/c1-16(2)18-8-6-17(7-9-18)15-22-11-13-23(14-12-22)20(24)19-5-4-10-21(19)3/h4-10,16H,11-15H2,1-3H3. The smallest absolute Gasteiger partial charge is 0.270 e. The van der Waals surface area contributed by atoms with E-state index in [1.54, 1.807) is 0 Å². The molecule has 2 aromatic rings. The Balaban J connectivity index is 1.53. The first kappa shape index (κ1) is 16.8. The maximum Gasteiger partial charge on any atom is 0.270 e. The molecule has 1 amide bonds. The van der Waals surface area contributed by atoms with E-state index in [9.17, 15) is 4.79 Å². The zero-order valence-corrected chi connectivity index (χ0v) is 14.9. The Hall–Kier alpha value is -2.07. The third-order valence-corrected chi connectivity index (χ3v) is 4.87. The van der Waals surface area contributed by atoms with Crippen LogP contribution in [0.25, 0.3) is 0 Å². The average molecular weight is 325 g/mol. The number of hydrogen-bond acceptors (Lipinski definition) is 2. The Labute approximate surface area is 144 Å². The number of benzene rings is 1. The van der Waals surface area contributed by atoms with E-state index in [1.807, 2.05) is 34.8 Å². The van der Waals surface area contributed by atoms with Crippen LogP contribution in [0, 0.1) is 0 Å². The third-order valence-electron chi connectivity index (χ3n) is 4.87. The first-order valence-corrected chi connectivity index (χ1v) is 8.76. The minimum Gasteiger partial charge on any atom is -0.347 e. The highest BCUT2D eigenvalue weighted by molar-refractivity contribution is 5.92. The van der Waals surface area contributed by atoms with Crippen molar-refractivity contribution in [2.24, 2.45) is 7.05 Å². The van der Waals surface area contributed by atoms with Gasteiger partial charge >= 0.3 is 0 Å². The molecule has 2 heterocycles. The third kappa shape index (κ3) is 3.70. The second-order valence-corrected chi connectivity index (χ2v) is 6.97. The predicted molar refractivity (Wildman–Crippen MR) is 97.1 cm³/mol. The van der Waals surface area contributed by atoms with Crippen LogP contribution >= 0.6 is 0 Å². The maximum atomic E-state index is 12.5. The van der Waals surface area contributed by atoms with Gasteiger partial charge in [0.1, 0.15) is 5.69 Å². The minimum atomic E-state index is 0.142. The van der Waals surface area contributed by atoms with Crippen LogP contribution in [0.4, 0.5) is 0 Å². The molecule has 0 spiro atoms. The number of amides is 1. The summed E-state index contributed by atoms with van der Waals surface area (Å²) in [4.78, 5) is 16.9. The first-order valence-electron chi connectivity index (χ1n) is 8.76. The molecule has 4 nitrogen and oxygen atoms in total. The Kier molecular flexibility index (Phi) is 5.05. The van der Waals surface area contributed by atoms with Crippen molar-refractivity contribution >= 4 is 5.91 Å². The lowest BCUT2D eigenvalue weighted by molar-refractivity contribution is 0.0619. The van der Waals surface area contributed by atoms with Crippen LogP contribution in [-0.4, -0.2) is 46.5 Å². The lowest BCUT2D eigenvalue weighted by Gasteiger charge is -2.34. The van der Waals surface area contributed by atoms with E-state index in [0.29, 0.717) is 5.92 Å². The number of nitrogens with zero attached hydrogens (tertiary/aromatic N) is 3. The summed E-state index contributed by atoms with van der Waals surface area (Å²) in [6, 6.07) is 12.7. The van der Waals surface area contributed by atoms with E-state index in [1.165, 1.54) is 11.1 Å². The molecule has 0 unspecified atom stereocenters. The van der Waals surface area contributed by atoms with Crippen molar-refractivity contribution in [3.05, 3.63) is 59.4 Å². The highest BCUT2D eigenvalue weighted by Gasteiger charge is 2.23. The first-order chi connectivity index (χ1) is 11.5. The van der Waals surface area contributed by atoms with Gasteiger partial charge < -0.3 is 9.47 Å². The van der Waals surface area contributed by atoms with E-state index in [2.05, 4.69) is 43.0 Å². The molecule has 1 aliphatic heterocycles. The van der Waals surface area contributed by atoms with Gasteiger partial charge in [-0.15, -0.1) is 0 Å². The molecule has 1 aliphatic rings. The molecule has 0 radical (unpaired) electrons. The molecular weight excluding hydrogens is 298 g/mol. The lowest BCUT2D eigenvalue weighted by atomic mass is 10.0. The Bertz CT molecular complexity index is 679. The predicted octanol–water partition coefficient (Wildman–Crippen LogP) is 3.11. The van der Waals surface area contributed by atoms with Crippen LogP contribution < -0.4 is 0 Å². The van der Waals surface area contributed by atoms with Gasteiger partial charge in [0.05, 0.1) is 0 Å². The van der Waals surface area contributed by atoms with Gasteiger partial charge in [-0.2, -0.15) is 0 Å². The molecule has 4 heteroatoms. The van der Waals surface area contributed by atoms with E-state index in [-0.39, 0.29) is 5.91 Å². The summed E-state index contributed by atoms with van der Waals surface area (Å²) < 4.78 is 1.89. The number of carbonyl (C=O) groups is 1. The normalized spacial score (nSPS) is 15.9. The van der Waals surface area contributed by atoms with Crippen molar-refractivity contribution in [3.8, 4) is 0 Å². The van der Waals surface area contributed by atoms with Gasteiger partial charge in [0.25, 0.3) is 5.91 Å². The van der Waals surface area contributed by atoms with Gasteiger partial charge in [0.2, 0.25) is 0 Å². The van der Waals surface area contributed by atoms with Gasteiger partial charge in [-0.3, -0.25) is 9.69 Å². The average Bonchev–Trinajstić information content (AvgIpc) is 3.01. The zero-order chi connectivity index (χ0) is 17.1. The Morgan fingerprint density at radius 2 is 1.71 bits per heavy atom. The molecule has 0 saturated carbocycles. The molecule has 0 atom stereocenters. The van der Waals surface area contributed by atoms with Crippen LogP contribution in [-0.2, 0) is 13.6 Å². The monoisotopic (exact) mass is 325 g/mol. The summed E-state index contributed by atoms with van der Waals surface area (Å²) in [6.45, 7) is 8.87. The fourth-order valence-electron chi connectivity index (χ4n) is 3.22. The summed E-state index contributed by atoms with van der Waals surface area (Å²) >= 11 is 0. The summed E-state index contributed by atoms with van der Waals surface area (Å²) in [5.41, 5.74) is 3.51. The number of aryl methyl sites for hydroxylation is 1. The quantitative estimate of drug-likeness (QED) is 0.864. The van der Waals surface area contributed by atoms with Crippen molar-refractivity contribution < 1.29 is 4.79 Å². The van der Waals surface area contributed by atoms with Crippen molar-refractivity contribution in [2.45, 2.75) is 26.3 Å². The summed E-state index contributed by atoms with van der Waals surface area (Å²) in [5, 5.41) is 0. The van der Waals surface area contributed by atoms with Crippen LogP contribution in [0.1, 0.15) is 41.4 Å². The summed E-state index contributed by atoms with van der Waals surface area (Å²) in [6.07, 6.45) is 1.92. The molecule has 24 heavy (non-hydrogen) atoms. The van der Waals surface area contributed by atoms with Gasteiger partial charge in [-0.1, -0.05) is 38.1 Å².